The zero-order valence-corrected chi connectivity index (χ0v) is 11.2. The van der Waals surface area contributed by atoms with Crippen LogP contribution in [0.2, 0.25) is 0 Å². The number of nitro benzene ring substituents is 1. The van der Waals surface area contributed by atoms with E-state index in [1.807, 2.05) is 6.92 Å². The Hall–Kier alpha value is -1.62. The highest BCUT2D eigenvalue weighted by Gasteiger charge is 2.22. The van der Waals surface area contributed by atoms with Gasteiger partial charge in [-0.25, -0.2) is 0 Å². The predicted molar refractivity (Wildman–Crippen MR) is 74.5 cm³/mol. The molecular formula is C14H20N2O3. The van der Waals surface area contributed by atoms with Gasteiger partial charge < -0.3 is 10.0 Å². The van der Waals surface area contributed by atoms with Crippen LogP contribution in [-0.4, -0.2) is 29.2 Å². The number of hydrogen-bond donors (Lipinski definition) is 1. The van der Waals surface area contributed by atoms with E-state index in [0.717, 1.165) is 37.1 Å². The largest absolute Gasteiger partial charge is 0.394 e. The zero-order chi connectivity index (χ0) is 13.8. The van der Waals surface area contributed by atoms with Crippen molar-refractivity contribution in [2.45, 2.75) is 38.6 Å². The van der Waals surface area contributed by atoms with Crippen molar-refractivity contribution in [3.63, 3.8) is 0 Å². The van der Waals surface area contributed by atoms with E-state index >= 15 is 0 Å². The summed E-state index contributed by atoms with van der Waals surface area (Å²) in [5.41, 5.74) is 2.03. The molecule has 5 heteroatoms. The molecule has 1 unspecified atom stereocenters. The summed E-state index contributed by atoms with van der Waals surface area (Å²) in [6, 6.07) is 5.08. The Labute approximate surface area is 113 Å². The van der Waals surface area contributed by atoms with Crippen molar-refractivity contribution in [1.82, 2.24) is 0 Å². The minimum Gasteiger partial charge on any atom is -0.394 e. The molecular weight excluding hydrogens is 244 g/mol. The normalized spacial score (nSPS) is 20.1. The molecule has 1 aliphatic rings. The first-order valence-electron chi connectivity index (χ1n) is 6.76. The summed E-state index contributed by atoms with van der Waals surface area (Å²) in [6.07, 6.45) is 4.40. The van der Waals surface area contributed by atoms with E-state index in [1.54, 1.807) is 18.2 Å². The van der Waals surface area contributed by atoms with Gasteiger partial charge in [0.25, 0.3) is 5.69 Å². The van der Waals surface area contributed by atoms with E-state index < -0.39 is 0 Å². The fraction of sp³-hybridized carbons (Fsp3) is 0.571. The van der Waals surface area contributed by atoms with E-state index in [0.29, 0.717) is 0 Å². The number of non-ortho nitro benzene ring substituents is 1. The van der Waals surface area contributed by atoms with Crippen molar-refractivity contribution in [1.29, 1.82) is 0 Å². The Morgan fingerprint density at radius 3 is 2.84 bits per heavy atom. The van der Waals surface area contributed by atoms with Crippen LogP contribution in [0.3, 0.4) is 0 Å². The molecule has 1 fully saturated rings. The molecule has 0 spiro atoms. The molecule has 1 aromatic rings. The molecule has 0 aromatic heterocycles. The first-order chi connectivity index (χ1) is 9.13. The Morgan fingerprint density at radius 2 is 2.21 bits per heavy atom. The van der Waals surface area contributed by atoms with Gasteiger partial charge >= 0.3 is 0 Å². The molecule has 1 aromatic carbocycles. The first kappa shape index (κ1) is 13.8. The first-order valence-corrected chi connectivity index (χ1v) is 6.76. The lowest BCUT2D eigenvalue weighted by molar-refractivity contribution is -0.384. The minimum atomic E-state index is -0.372. The molecule has 0 aliphatic carbocycles. The molecule has 5 nitrogen and oxygen atoms in total. The molecule has 19 heavy (non-hydrogen) atoms. The second-order valence-electron chi connectivity index (χ2n) is 5.11. The number of aliphatic hydroxyl groups excluding tert-OH is 1. The number of anilines is 1. The van der Waals surface area contributed by atoms with Crippen LogP contribution in [0.5, 0.6) is 0 Å². The van der Waals surface area contributed by atoms with Gasteiger partial charge in [0.2, 0.25) is 0 Å². The highest BCUT2D eigenvalue weighted by Crippen LogP contribution is 2.29. The van der Waals surface area contributed by atoms with E-state index in [9.17, 15) is 15.2 Å². The third kappa shape index (κ3) is 3.04. The second-order valence-corrected chi connectivity index (χ2v) is 5.11. The highest BCUT2D eigenvalue weighted by molar-refractivity contribution is 5.58. The summed E-state index contributed by atoms with van der Waals surface area (Å²) >= 11 is 0. The van der Waals surface area contributed by atoms with Crippen LogP contribution < -0.4 is 4.90 Å². The van der Waals surface area contributed by atoms with Crippen LogP contribution >= 0.6 is 0 Å². The number of nitro groups is 1. The zero-order valence-electron chi connectivity index (χ0n) is 11.2. The summed E-state index contributed by atoms with van der Waals surface area (Å²) in [6.45, 7) is 2.93. The van der Waals surface area contributed by atoms with Gasteiger partial charge in [0.1, 0.15) is 0 Å². The Balaban J connectivity index is 2.30. The lowest BCUT2D eigenvalue weighted by Gasteiger charge is -2.32. The Morgan fingerprint density at radius 1 is 1.42 bits per heavy atom. The molecule has 1 atom stereocenters. The maximum atomic E-state index is 10.8. The van der Waals surface area contributed by atoms with Gasteiger partial charge in [0.15, 0.2) is 0 Å². The van der Waals surface area contributed by atoms with Gasteiger partial charge in [0, 0.05) is 24.4 Å². The fourth-order valence-corrected chi connectivity index (χ4v) is 2.76. The van der Waals surface area contributed by atoms with Crippen molar-refractivity contribution >= 4 is 11.4 Å². The second kappa shape index (κ2) is 6.02. The van der Waals surface area contributed by atoms with Crippen molar-refractivity contribution in [2.75, 3.05) is 18.1 Å². The summed E-state index contributed by atoms with van der Waals surface area (Å²) in [5, 5.41) is 20.3. The SMILES string of the molecule is Cc1cc([N+](=O)[O-])ccc1N1CCCCCC1CO. The predicted octanol–water partition coefficient (Wildman–Crippen LogP) is 2.64. The molecule has 2 rings (SSSR count). The average Bonchev–Trinajstić information content (AvgIpc) is 2.63. The molecule has 0 bridgehead atoms. The van der Waals surface area contributed by atoms with Gasteiger partial charge in [-0.05, 0) is 31.4 Å². The molecule has 1 saturated heterocycles. The summed E-state index contributed by atoms with van der Waals surface area (Å²) in [7, 11) is 0. The summed E-state index contributed by atoms with van der Waals surface area (Å²) in [5.74, 6) is 0. The monoisotopic (exact) mass is 264 g/mol. The van der Waals surface area contributed by atoms with Crippen LogP contribution in [0.4, 0.5) is 11.4 Å². The molecule has 0 radical (unpaired) electrons. The van der Waals surface area contributed by atoms with Crippen LogP contribution in [0.25, 0.3) is 0 Å². The van der Waals surface area contributed by atoms with E-state index in [1.165, 1.54) is 6.42 Å². The fourth-order valence-electron chi connectivity index (χ4n) is 2.76. The summed E-state index contributed by atoms with van der Waals surface area (Å²) < 4.78 is 0. The highest BCUT2D eigenvalue weighted by atomic mass is 16.6. The molecule has 1 N–H and O–H groups in total. The van der Waals surface area contributed by atoms with Crippen molar-refractivity contribution in [3.05, 3.63) is 33.9 Å². The number of aliphatic hydroxyl groups is 1. The van der Waals surface area contributed by atoms with Crippen molar-refractivity contribution in [3.8, 4) is 0 Å². The van der Waals surface area contributed by atoms with Crippen LogP contribution in [-0.2, 0) is 0 Å². The van der Waals surface area contributed by atoms with Gasteiger partial charge in [0.05, 0.1) is 17.6 Å². The maximum Gasteiger partial charge on any atom is 0.269 e. The van der Waals surface area contributed by atoms with E-state index in [-0.39, 0.29) is 23.3 Å². The van der Waals surface area contributed by atoms with Crippen LogP contribution in [0.15, 0.2) is 18.2 Å². The number of benzene rings is 1. The molecule has 0 saturated carbocycles. The van der Waals surface area contributed by atoms with Gasteiger partial charge in [-0.15, -0.1) is 0 Å². The van der Waals surface area contributed by atoms with Gasteiger partial charge in [-0.3, -0.25) is 10.1 Å². The Bertz CT molecular complexity index is 462. The maximum absolute atomic E-state index is 10.8. The van der Waals surface area contributed by atoms with E-state index in [2.05, 4.69) is 4.90 Å². The van der Waals surface area contributed by atoms with Crippen LogP contribution in [0.1, 0.15) is 31.2 Å². The third-order valence-corrected chi connectivity index (χ3v) is 3.79. The quantitative estimate of drug-likeness (QED) is 0.673. The number of rotatable bonds is 3. The number of hydrogen-bond acceptors (Lipinski definition) is 4. The van der Waals surface area contributed by atoms with Gasteiger partial charge in [-0.2, -0.15) is 0 Å². The standard InChI is InChI=1S/C14H20N2O3/c1-11-9-12(16(18)19)6-7-14(11)15-8-4-2-3-5-13(15)10-17/h6-7,9,13,17H,2-5,8,10H2,1H3. The number of aryl methyl sites for hydroxylation is 1. The van der Waals surface area contributed by atoms with Gasteiger partial charge in [-0.1, -0.05) is 12.8 Å². The smallest absolute Gasteiger partial charge is 0.269 e. The molecule has 104 valence electrons. The Kier molecular flexibility index (Phi) is 4.37. The number of nitrogens with zero attached hydrogens (tertiary/aromatic N) is 2. The summed E-state index contributed by atoms with van der Waals surface area (Å²) in [4.78, 5) is 12.6. The molecule has 1 aliphatic heterocycles. The third-order valence-electron chi connectivity index (χ3n) is 3.79. The lowest BCUT2D eigenvalue weighted by Crippen LogP contribution is -2.38. The average molecular weight is 264 g/mol. The van der Waals surface area contributed by atoms with Crippen LogP contribution in [0, 0.1) is 17.0 Å². The van der Waals surface area contributed by atoms with Crippen molar-refractivity contribution < 1.29 is 10.0 Å². The minimum absolute atomic E-state index is 0.122. The van der Waals surface area contributed by atoms with E-state index in [4.69, 9.17) is 0 Å². The molecule has 1 heterocycles. The van der Waals surface area contributed by atoms with Crippen molar-refractivity contribution in [2.24, 2.45) is 0 Å². The lowest BCUT2D eigenvalue weighted by atomic mass is 10.1. The molecule has 0 amide bonds. The topological polar surface area (TPSA) is 66.6 Å².